The zero-order valence-corrected chi connectivity index (χ0v) is 45.7. The van der Waals surface area contributed by atoms with Crippen LogP contribution in [0, 0.1) is 23.5 Å². The van der Waals surface area contributed by atoms with E-state index in [1.807, 2.05) is 87.2 Å². The summed E-state index contributed by atoms with van der Waals surface area (Å²) in [5, 5.41) is 5.87. The first-order valence-corrected chi connectivity index (χ1v) is 27.5. The van der Waals surface area contributed by atoms with Gasteiger partial charge >= 0.3 is 6.09 Å². The Labute approximate surface area is 454 Å². The number of alkyl carbamates (subject to hydrolysis) is 1. The standard InChI is InChI=1S/C60H72F2N10O6/c1-34(2)52(63-37(6)77-7)57(74)70-26-12-16-50(70)55-64-44-20-18-38(30-46(44)66-55)48-22-23-49(39-19-21-45-47(31-39)67-56(65-45)51-17-13-27-71(51)58(75)53(35(3)4)68-59(76)78-8)72(48)41-32-42(61)54(43(62)33-41)69-28-24-60(25-29-69,36(5)73)40-14-10-9-11-15-40/h9-11,14-15,18-21,30-35,48-53,63H,6,12-13,16-17,22-29H2,1-5,7-8H3,(H,64,66)(H,65,67)(H,68,76)/t48-,49-,50+,51+,52+,53+/m1/s1. The van der Waals surface area contributed by atoms with E-state index in [1.54, 1.807) is 16.7 Å². The van der Waals surface area contributed by atoms with Gasteiger partial charge in [0.1, 0.15) is 35.2 Å². The summed E-state index contributed by atoms with van der Waals surface area (Å²) in [5.74, 6) is -0.122. The molecule has 78 heavy (non-hydrogen) atoms. The molecular weight excluding hydrogens is 995 g/mol. The molecule has 0 saturated carbocycles. The molecule has 6 aromatic rings. The Hall–Kier alpha value is -7.50. The van der Waals surface area contributed by atoms with Crippen LogP contribution in [0.4, 0.5) is 25.0 Å². The molecule has 0 spiro atoms. The average Bonchev–Trinajstić information content (AvgIpc) is 4.47. The molecule has 0 radical (unpaired) electrons. The van der Waals surface area contributed by atoms with Crippen LogP contribution in [0.2, 0.25) is 0 Å². The number of fused-ring (bicyclic) bond motifs is 2. The number of hydrogen-bond acceptors (Lipinski definition) is 11. The third-order valence-electron chi connectivity index (χ3n) is 17.0. The zero-order chi connectivity index (χ0) is 55.2. The minimum absolute atomic E-state index is 0.0289. The third-order valence-corrected chi connectivity index (χ3v) is 17.0. The second kappa shape index (κ2) is 22.1. The lowest BCUT2D eigenvalue weighted by molar-refractivity contribution is -0.136. The van der Waals surface area contributed by atoms with Crippen LogP contribution in [0.1, 0.15) is 138 Å². The Bertz CT molecular complexity index is 3050. The predicted molar refractivity (Wildman–Crippen MR) is 295 cm³/mol. The summed E-state index contributed by atoms with van der Waals surface area (Å²) < 4.78 is 44.2. The molecule has 6 heterocycles. The summed E-state index contributed by atoms with van der Waals surface area (Å²) in [6.45, 7) is 14.9. The number of likely N-dealkylation sites (tertiary alicyclic amines) is 2. The van der Waals surface area contributed by atoms with Crippen LogP contribution in [0.5, 0.6) is 0 Å². The number of ketones is 1. The number of imidazole rings is 2. The van der Waals surface area contributed by atoms with Gasteiger partial charge in [0.25, 0.3) is 0 Å². The third kappa shape index (κ3) is 10.1. The van der Waals surface area contributed by atoms with Crippen molar-refractivity contribution >= 4 is 57.1 Å². The molecule has 4 fully saturated rings. The number of nitrogens with one attached hydrogen (secondary N) is 4. The van der Waals surface area contributed by atoms with E-state index >= 15 is 8.78 Å². The smallest absolute Gasteiger partial charge is 0.407 e. The number of methoxy groups -OCH3 is 2. The van der Waals surface area contributed by atoms with Crippen LogP contribution in [0.3, 0.4) is 0 Å². The van der Waals surface area contributed by atoms with Gasteiger partial charge in [-0.1, -0.05) is 70.2 Å². The van der Waals surface area contributed by atoms with E-state index < -0.39 is 35.2 Å². The fraction of sp³-hybridized carbons (Fsp3) is 0.467. The van der Waals surface area contributed by atoms with Crippen molar-refractivity contribution in [2.75, 3.05) is 50.2 Å². The molecule has 2 aromatic heterocycles. The van der Waals surface area contributed by atoms with E-state index in [-0.39, 0.29) is 59.3 Å². The van der Waals surface area contributed by atoms with Crippen LogP contribution in [0.15, 0.2) is 91.3 Å². The number of ether oxygens (including phenoxy) is 2. The topological polar surface area (TPSA) is 181 Å². The predicted octanol–water partition coefficient (Wildman–Crippen LogP) is 10.4. The van der Waals surface area contributed by atoms with Crippen LogP contribution in [0.25, 0.3) is 22.1 Å². The fourth-order valence-corrected chi connectivity index (χ4v) is 12.8. The molecule has 4 aliphatic heterocycles. The molecule has 16 nitrogen and oxygen atoms in total. The fourth-order valence-electron chi connectivity index (χ4n) is 12.8. The quantitative estimate of drug-likeness (QED) is 0.0678. The maximum atomic E-state index is 17.0. The van der Waals surface area contributed by atoms with Crippen molar-refractivity contribution in [3.63, 3.8) is 0 Å². The lowest BCUT2D eigenvalue weighted by Gasteiger charge is -2.42. The van der Waals surface area contributed by atoms with Crippen molar-refractivity contribution in [2.24, 2.45) is 11.8 Å². The van der Waals surface area contributed by atoms with E-state index in [9.17, 15) is 19.2 Å². The number of anilines is 2. The first-order valence-electron chi connectivity index (χ1n) is 27.5. The van der Waals surface area contributed by atoms with Crippen LogP contribution in [-0.2, 0) is 29.3 Å². The van der Waals surface area contributed by atoms with Gasteiger partial charge in [0.2, 0.25) is 11.8 Å². The van der Waals surface area contributed by atoms with Crippen molar-refractivity contribution < 1.29 is 37.4 Å². The number of benzene rings is 4. The van der Waals surface area contributed by atoms with Gasteiger partial charge in [-0.25, -0.2) is 23.5 Å². The van der Waals surface area contributed by atoms with Gasteiger partial charge in [0.05, 0.1) is 65.9 Å². The minimum atomic E-state index is -0.775. The molecule has 10 rings (SSSR count). The maximum absolute atomic E-state index is 17.0. The monoisotopic (exact) mass is 1070 g/mol. The van der Waals surface area contributed by atoms with Gasteiger partial charge in [-0.2, -0.15) is 0 Å². The molecule has 0 bridgehead atoms. The summed E-state index contributed by atoms with van der Waals surface area (Å²) in [5.41, 5.74) is 5.33. The number of amides is 3. The second-order valence-corrected chi connectivity index (χ2v) is 22.3. The Morgan fingerprint density at radius 1 is 0.667 bits per heavy atom. The largest absolute Gasteiger partial charge is 0.483 e. The van der Waals surface area contributed by atoms with Crippen molar-refractivity contribution in [1.29, 1.82) is 0 Å². The van der Waals surface area contributed by atoms with E-state index in [0.717, 1.165) is 52.5 Å². The number of halogens is 2. The van der Waals surface area contributed by atoms with E-state index in [0.29, 0.717) is 87.0 Å². The van der Waals surface area contributed by atoms with Crippen molar-refractivity contribution in [2.45, 2.75) is 128 Å². The summed E-state index contributed by atoms with van der Waals surface area (Å²) in [7, 11) is 2.79. The Balaban J connectivity index is 0.976. The number of aromatic nitrogens is 4. The van der Waals surface area contributed by atoms with Crippen LogP contribution >= 0.6 is 0 Å². The van der Waals surface area contributed by atoms with E-state index in [4.69, 9.17) is 19.4 Å². The number of Topliss-reactive ketones (excluding diaryl/α,β-unsaturated/α-hetero) is 1. The van der Waals surface area contributed by atoms with Crippen molar-refractivity contribution in [3.8, 4) is 0 Å². The minimum Gasteiger partial charge on any atom is -0.483 e. The van der Waals surface area contributed by atoms with E-state index in [2.05, 4.69) is 44.2 Å². The number of aromatic amines is 2. The van der Waals surface area contributed by atoms with Gasteiger partial charge < -0.3 is 49.7 Å². The second-order valence-electron chi connectivity index (χ2n) is 22.3. The first-order chi connectivity index (χ1) is 37.5. The number of nitrogens with zero attached hydrogens (tertiary/aromatic N) is 6. The van der Waals surface area contributed by atoms with Gasteiger partial charge in [-0.3, -0.25) is 14.4 Å². The lowest BCUT2D eigenvalue weighted by atomic mass is 9.70. The van der Waals surface area contributed by atoms with Crippen molar-refractivity contribution in [1.82, 2.24) is 40.4 Å². The Morgan fingerprint density at radius 2 is 1.17 bits per heavy atom. The summed E-state index contributed by atoms with van der Waals surface area (Å²) >= 11 is 0. The van der Waals surface area contributed by atoms with Gasteiger partial charge in [-0.05, 0) is 130 Å². The summed E-state index contributed by atoms with van der Waals surface area (Å²) in [6.07, 6.45) is 4.52. The number of hydrogen-bond donors (Lipinski definition) is 4. The number of carbonyl (C=O) groups is 4. The molecule has 4 N–H and O–H groups in total. The molecule has 4 aromatic carbocycles. The van der Waals surface area contributed by atoms with Crippen LogP contribution < -0.4 is 20.4 Å². The molecule has 0 unspecified atom stereocenters. The lowest BCUT2D eigenvalue weighted by Crippen LogP contribution is -2.51. The molecule has 4 saturated heterocycles. The molecule has 412 valence electrons. The summed E-state index contributed by atoms with van der Waals surface area (Å²) in [4.78, 5) is 78.3. The number of rotatable bonds is 16. The van der Waals surface area contributed by atoms with Crippen molar-refractivity contribution in [3.05, 3.63) is 131 Å². The normalized spacial score (nSPS) is 21.2. The van der Waals surface area contributed by atoms with Crippen LogP contribution in [-0.4, -0.2) is 106 Å². The number of H-pyrrole nitrogens is 2. The molecule has 18 heteroatoms. The van der Waals surface area contributed by atoms with Gasteiger partial charge in [0.15, 0.2) is 17.5 Å². The molecular formula is C60H72F2N10O6. The molecule has 3 amide bonds. The highest BCUT2D eigenvalue weighted by Gasteiger charge is 2.44. The highest BCUT2D eigenvalue weighted by molar-refractivity contribution is 5.89. The average molecular weight is 1070 g/mol. The number of piperidine rings is 1. The molecule has 4 aliphatic rings. The van der Waals surface area contributed by atoms with Gasteiger partial charge in [-0.15, -0.1) is 0 Å². The number of carbonyl (C=O) groups excluding carboxylic acids is 4. The Morgan fingerprint density at radius 3 is 1.63 bits per heavy atom. The van der Waals surface area contributed by atoms with E-state index in [1.165, 1.54) is 26.4 Å². The molecule has 0 aliphatic carbocycles. The first kappa shape index (κ1) is 53.9. The van der Waals surface area contributed by atoms with Gasteiger partial charge in [0, 0.05) is 31.9 Å². The SMILES string of the molecule is C=C(N[C@H](C(=O)N1CCC[C@H]1c1nc2ccc([C@H]3CC[C@H](c4ccc5nc([C@@H]6CCCN6C(=O)[C@@H](NC(=O)OC)C(C)C)[nH]c5c4)N3c3cc(F)c(N4CCC(C(C)=O)(c5ccccc5)CC4)c(F)c3)cc2[nH]1)C(C)C)OC. The zero-order valence-electron chi connectivity index (χ0n) is 45.7. The summed E-state index contributed by atoms with van der Waals surface area (Å²) in [6, 6.07) is 22.1. The highest BCUT2D eigenvalue weighted by Crippen LogP contribution is 2.49. The molecule has 6 atom stereocenters. The highest BCUT2D eigenvalue weighted by atomic mass is 19.1. The Kier molecular flexibility index (Phi) is 15.3. The maximum Gasteiger partial charge on any atom is 0.407 e.